The summed E-state index contributed by atoms with van der Waals surface area (Å²) in [6.45, 7) is 1.77. The van der Waals surface area contributed by atoms with E-state index in [4.69, 9.17) is 10.0 Å². The minimum atomic E-state index is -1.44. The Morgan fingerprint density at radius 2 is 2.09 bits per heavy atom. The summed E-state index contributed by atoms with van der Waals surface area (Å²) >= 11 is 3.17. The summed E-state index contributed by atoms with van der Waals surface area (Å²) in [5.74, 6) is 0. The number of hydrogen-bond acceptors (Lipinski definition) is 3. The van der Waals surface area contributed by atoms with Crippen molar-refractivity contribution in [1.29, 1.82) is 0 Å². The zero-order valence-electron chi connectivity index (χ0n) is 5.95. The maximum atomic E-state index is 8.88. The van der Waals surface area contributed by atoms with Gasteiger partial charge in [-0.1, -0.05) is 0 Å². The molecule has 0 atom stereocenters. The highest BCUT2D eigenvalue weighted by Gasteiger charge is 2.17. The lowest BCUT2D eigenvalue weighted by molar-refractivity contribution is 0.425. The second-order valence-electron chi connectivity index (χ2n) is 2.23. The molecule has 0 fully saturated rings. The molecule has 0 aliphatic rings. The molecule has 1 rings (SSSR count). The molecule has 11 heavy (non-hydrogen) atoms. The van der Waals surface area contributed by atoms with Crippen molar-refractivity contribution in [2.45, 2.75) is 6.92 Å². The monoisotopic (exact) mass is 215 g/mol. The molecule has 0 saturated heterocycles. The zero-order valence-corrected chi connectivity index (χ0v) is 7.54. The van der Waals surface area contributed by atoms with Gasteiger partial charge in [0.15, 0.2) is 0 Å². The first kappa shape index (κ1) is 8.71. The van der Waals surface area contributed by atoms with Crippen molar-refractivity contribution in [3.8, 4) is 0 Å². The van der Waals surface area contributed by atoms with E-state index in [1.165, 1.54) is 6.20 Å². The SMILES string of the molecule is Cc1cncc(Br)c1B(O)O. The topological polar surface area (TPSA) is 53.4 Å². The molecule has 0 saturated carbocycles. The highest BCUT2D eigenvalue weighted by molar-refractivity contribution is 9.10. The second-order valence-corrected chi connectivity index (χ2v) is 3.08. The molecule has 0 spiro atoms. The average Bonchev–Trinajstić information content (AvgIpc) is 1.85. The Kier molecular flexibility index (Phi) is 2.65. The minimum Gasteiger partial charge on any atom is -0.423 e. The normalized spacial score (nSPS) is 9.82. The van der Waals surface area contributed by atoms with Crippen molar-refractivity contribution < 1.29 is 10.0 Å². The van der Waals surface area contributed by atoms with E-state index in [-0.39, 0.29) is 0 Å². The van der Waals surface area contributed by atoms with E-state index in [2.05, 4.69) is 20.9 Å². The molecular weight excluding hydrogens is 209 g/mol. The van der Waals surface area contributed by atoms with Crippen LogP contribution in [0.25, 0.3) is 0 Å². The fourth-order valence-electron chi connectivity index (χ4n) is 0.869. The molecule has 2 N–H and O–H groups in total. The molecule has 0 aromatic carbocycles. The Labute approximate surface area is 73.4 Å². The van der Waals surface area contributed by atoms with E-state index in [0.29, 0.717) is 9.94 Å². The summed E-state index contributed by atoms with van der Waals surface area (Å²) in [5, 5.41) is 17.8. The van der Waals surface area contributed by atoms with Gasteiger partial charge in [0.25, 0.3) is 0 Å². The third kappa shape index (κ3) is 1.80. The van der Waals surface area contributed by atoms with Crippen LogP contribution in [0.3, 0.4) is 0 Å². The maximum Gasteiger partial charge on any atom is 0.489 e. The molecule has 1 aromatic rings. The van der Waals surface area contributed by atoms with E-state index in [0.717, 1.165) is 5.56 Å². The first-order valence-electron chi connectivity index (χ1n) is 3.09. The summed E-state index contributed by atoms with van der Waals surface area (Å²) in [5.41, 5.74) is 1.23. The van der Waals surface area contributed by atoms with E-state index < -0.39 is 7.12 Å². The van der Waals surface area contributed by atoms with Crippen LogP contribution < -0.4 is 5.46 Å². The molecule has 3 nitrogen and oxygen atoms in total. The maximum absolute atomic E-state index is 8.88. The van der Waals surface area contributed by atoms with Crippen molar-refractivity contribution in [1.82, 2.24) is 4.98 Å². The molecule has 58 valence electrons. The van der Waals surface area contributed by atoms with Gasteiger partial charge in [-0.2, -0.15) is 0 Å². The second kappa shape index (κ2) is 3.34. The van der Waals surface area contributed by atoms with E-state index in [9.17, 15) is 0 Å². The summed E-state index contributed by atoms with van der Waals surface area (Å²) < 4.78 is 0.618. The third-order valence-electron chi connectivity index (χ3n) is 1.40. The van der Waals surface area contributed by atoms with Gasteiger partial charge in [-0.15, -0.1) is 0 Å². The summed E-state index contributed by atoms with van der Waals surface area (Å²) in [7, 11) is -1.44. The standard InChI is InChI=1S/C6H7BBrNO2/c1-4-2-9-3-5(8)6(4)7(10)11/h2-3,10-11H,1H3. The molecule has 0 aliphatic heterocycles. The van der Waals surface area contributed by atoms with Gasteiger partial charge in [-0.25, -0.2) is 0 Å². The predicted octanol–water partition coefficient (Wildman–Crippen LogP) is -0.168. The Morgan fingerprint density at radius 1 is 1.45 bits per heavy atom. The summed E-state index contributed by atoms with van der Waals surface area (Å²) in [6, 6.07) is 0. The molecule has 5 heteroatoms. The van der Waals surface area contributed by atoms with E-state index in [1.54, 1.807) is 13.1 Å². The van der Waals surface area contributed by atoms with Gasteiger partial charge in [0, 0.05) is 22.3 Å². The van der Waals surface area contributed by atoms with Crippen molar-refractivity contribution in [2.24, 2.45) is 0 Å². The largest absolute Gasteiger partial charge is 0.489 e. The predicted molar refractivity (Wildman–Crippen MR) is 46.5 cm³/mol. The Bertz CT molecular complexity index is 247. The van der Waals surface area contributed by atoms with Gasteiger partial charge in [0.2, 0.25) is 0 Å². The van der Waals surface area contributed by atoms with Gasteiger partial charge >= 0.3 is 7.12 Å². The lowest BCUT2D eigenvalue weighted by Gasteiger charge is -2.04. The van der Waals surface area contributed by atoms with Crippen molar-refractivity contribution in [3.63, 3.8) is 0 Å². The Balaban J connectivity index is 3.21. The fraction of sp³-hybridized carbons (Fsp3) is 0.167. The highest BCUT2D eigenvalue weighted by Crippen LogP contribution is 2.06. The van der Waals surface area contributed by atoms with Crippen LogP contribution in [0.15, 0.2) is 16.9 Å². The molecular formula is C6H7BBrNO2. The van der Waals surface area contributed by atoms with Crippen LogP contribution in [0.5, 0.6) is 0 Å². The molecule has 0 aliphatic carbocycles. The first-order valence-corrected chi connectivity index (χ1v) is 3.88. The lowest BCUT2D eigenvalue weighted by atomic mass is 9.78. The summed E-state index contributed by atoms with van der Waals surface area (Å²) in [6.07, 6.45) is 3.11. The Hall–Kier alpha value is -0.385. The number of rotatable bonds is 1. The summed E-state index contributed by atoms with van der Waals surface area (Å²) in [4.78, 5) is 3.86. The van der Waals surface area contributed by atoms with Crippen molar-refractivity contribution in [3.05, 3.63) is 22.4 Å². The zero-order chi connectivity index (χ0) is 8.43. The quantitative estimate of drug-likeness (QED) is 0.640. The van der Waals surface area contributed by atoms with E-state index in [1.807, 2.05) is 0 Å². The molecule has 0 amide bonds. The number of aromatic nitrogens is 1. The van der Waals surface area contributed by atoms with Crippen LogP contribution in [-0.4, -0.2) is 22.2 Å². The van der Waals surface area contributed by atoms with Crippen LogP contribution >= 0.6 is 15.9 Å². The molecule has 0 radical (unpaired) electrons. The number of hydrogen-bond donors (Lipinski definition) is 2. The van der Waals surface area contributed by atoms with Crippen LogP contribution in [0.1, 0.15) is 5.56 Å². The van der Waals surface area contributed by atoms with Crippen LogP contribution in [0, 0.1) is 6.92 Å². The molecule has 0 unspecified atom stereocenters. The number of pyridine rings is 1. The smallest absolute Gasteiger partial charge is 0.423 e. The minimum absolute atomic E-state index is 0.472. The van der Waals surface area contributed by atoms with Gasteiger partial charge < -0.3 is 10.0 Å². The Morgan fingerprint density at radius 3 is 2.45 bits per heavy atom. The molecule has 1 heterocycles. The van der Waals surface area contributed by atoms with Crippen molar-refractivity contribution >= 4 is 28.5 Å². The van der Waals surface area contributed by atoms with Gasteiger partial charge in [0.05, 0.1) is 0 Å². The molecule has 1 aromatic heterocycles. The first-order chi connectivity index (χ1) is 5.13. The average molecular weight is 216 g/mol. The number of halogens is 1. The van der Waals surface area contributed by atoms with Gasteiger partial charge in [0.1, 0.15) is 0 Å². The van der Waals surface area contributed by atoms with Crippen LogP contribution in [0.2, 0.25) is 0 Å². The molecule has 0 bridgehead atoms. The van der Waals surface area contributed by atoms with Gasteiger partial charge in [-0.3, -0.25) is 4.98 Å². The van der Waals surface area contributed by atoms with E-state index >= 15 is 0 Å². The lowest BCUT2D eigenvalue weighted by Crippen LogP contribution is -2.33. The van der Waals surface area contributed by atoms with Crippen LogP contribution in [-0.2, 0) is 0 Å². The third-order valence-corrected chi connectivity index (χ3v) is 2.03. The highest BCUT2D eigenvalue weighted by atomic mass is 79.9. The number of aryl methyl sites for hydroxylation is 1. The number of nitrogens with zero attached hydrogens (tertiary/aromatic N) is 1. The van der Waals surface area contributed by atoms with Gasteiger partial charge in [-0.05, 0) is 28.4 Å². The van der Waals surface area contributed by atoms with Crippen LogP contribution in [0.4, 0.5) is 0 Å². The van der Waals surface area contributed by atoms with Crippen molar-refractivity contribution in [2.75, 3.05) is 0 Å². The fourth-order valence-corrected chi connectivity index (χ4v) is 1.50.